The van der Waals surface area contributed by atoms with E-state index in [4.69, 9.17) is 17.3 Å². The molecule has 0 aliphatic carbocycles. The highest BCUT2D eigenvalue weighted by atomic mass is 35.5. The van der Waals surface area contributed by atoms with E-state index in [9.17, 15) is 9.59 Å². The summed E-state index contributed by atoms with van der Waals surface area (Å²) in [5.41, 5.74) is 9.14. The summed E-state index contributed by atoms with van der Waals surface area (Å²) in [5, 5.41) is 5.53. The van der Waals surface area contributed by atoms with Crippen LogP contribution in [0.25, 0.3) is 16.2 Å². The lowest BCUT2D eigenvalue weighted by atomic mass is 10.2. The third-order valence-corrected chi connectivity index (χ3v) is 5.63. The number of fused-ring (bicyclic) bond motifs is 1. The van der Waals surface area contributed by atoms with Crippen molar-refractivity contribution in [3.05, 3.63) is 76.4 Å². The molecule has 3 N–H and O–H groups in total. The summed E-state index contributed by atoms with van der Waals surface area (Å²) in [4.78, 5) is 28.9. The molecule has 0 unspecified atom stereocenters. The molecule has 0 aliphatic heterocycles. The second kappa shape index (κ2) is 8.06. The van der Waals surface area contributed by atoms with Gasteiger partial charge in [-0.05, 0) is 42.8 Å². The van der Waals surface area contributed by atoms with Gasteiger partial charge in [0, 0.05) is 45.5 Å². The van der Waals surface area contributed by atoms with Crippen LogP contribution in [0.2, 0.25) is 5.02 Å². The van der Waals surface area contributed by atoms with Gasteiger partial charge in [-0.25, -0.2) is 4.98 Å². The fourth-order valence-corrected chi connectivity index (χ4v) is 3.99. The number of nitrogens with zero attached hydrogens (tertiary/aromatic N) is 2. The first-order valence-electron chi connectivity index (χ1n) is 8.91. The van der Waals surface area contributed by atoms with E-state index in [1.54, 1.807) is 35.6 Å². The molecule has 2 aromatic heterocycles. The molecule has 0 spiro atoms. The van der Waals surface area contributed by atoms with Crippen LogP contribution in [-0.4, -0.2) is 21.2 Å². The van der Waals surface area contributed by atoms with E-state index in [0.29, 0.717) is 29.1 Å². The van der Waals surface area contributed by atoms with Crippen LogP contribution in [0, 0.1) is 0 Å². The lowest BCUT2D eigenvalue weighted by molar-refractivity contribution is -0.116. The molecular weight excluding hydrogens is 408 g/mol. The number of imidazole rings is 1. The first-order valence-corrected chi connectivity index (χ1v) is 10.2. The number of anilines is 1. The van der Waals surface area contributed by atoms with E-state index >= 15 is 0 Å². The molecule has 0 atom stereocenters. The highest BCUT2D eigenvalue weighted by Crippen LogP contribution is 2.25. The number of hydrogen-bond donors (Lipinski definition) is 2. The summed E-state index contributed by atoms with van der Waals surface area (Å²) in [5.74, 6) is -0.600. The van der Waals surface area contributed by atoms with E-state index in [-0.39, 0.29) is 5.91 Å². The average Bonchev–Trinajstić information content (AvgIpc) is 3.28. The van der Waals surface area contributed by atoms with Crippen molar-refractivity contribution in [1.82, 2.24) is 9.38 Å². The molecule has 4 aromatic rings. The number of rotatable bonds is 6. The van der Waals surface area contributed by atoms with Gasteiger partial charge in [-0.1, -0.05) is 23.7 Å². The molecule has 29 heavy (non-hydrogen) atoms. The van der Waals surface area contributed by atoms with Gasteiger partial charge in [0.05, 0.1) is 5.69 Å². The smallest absolute Gasteiger partial charge is 0.248 e. The number of carbonyl (C=O) groups is 2. The molecular formula is C21H17ClN4O2S. The number of carbonyl (C=O) groups excluding carboxylic acids is 2. The number of aryl methyl sites for hydroxylation is 1. The van der Waals surface area contributed by atoms with Gasteiger partial charge >= 0.3 is 0 Å². The van der Waals surface area contributed by atoms with E-state index in [2.05, 4.69) is 10.3 Å². The van der Waals surface area contributed by atoms with Crippen LogP contribution in [0.4, 0.5) is 5.69 Å². The fourth-order valence-electron chi connectivity index (χ4n) is 2.95. The average molecular weight is 425 g/mol. The third kappa shape index (κ3) is 4.31. The summed E-state index contributed by atoms with van der Waals surface area (Å²) >= 11 is 7.49. The molecule has 8 heteroatoms. The topological polar surface area (TPSA) is 89.5 Å². The predicted molar refractivity (Wildman–Crippen MR) is 115 cm³/mol. The summed E-state index contributed by atoms with van der Waals surface area (Å²) in [7, 11) is 0. The van der Waals surface area contributed by atoms with Gasteiger partial charge in [0.15, 0.2) is 4.96 Å². The quantitative estimate of drug-likeness (QED) is 0.481. The minimum atomic E-state index is -0.498. The minimum Gasteiger partial charge on any atom is -0.366 e. The van der Waals surface area contributed by atoms with Crippen LogP contribution in [0.5, 0.6) is 0 Å². The number of halogens is 1. The summed E-state index contributed by atoms with van der Waals surface area (Å²) < 4.78 is 2.02. The van der Waals surface area contributed by atoms with Gasteiger partial charge in [-0.3, -0.25) is 14.0 Å². The number of amides is 2. The number of nitrogens with one attached hydrogen (secondary N) is 1. The molecule has 2 aromatic carbocycles. The highest BCUT2D eigenvalue weighted by molar-refractivity contribution is 7.15. The summed E-state index contributed by atoms with van der Waals surface area (Å²) in [6.45, 7) is 0. The zero-order valence-electron chi connectivity index (χ0n) is 15.3. The van der Waals surface area contributed by atoms with E-state index in [0.717, 1.165) is 21.9 Å². The Labute approximate surface area is 175 Å². The first kappa shape index (κ1) is 19.2. The lowest BCUT2D eigenvalue weighted by Crippen LogP contribution is -2.14. The molecule has 0 aliphatic rings. The maximum atomic E-state index is 12.3. The Morgan fingerprint density at radius 1 is 1.10 bits per heavy atom. The van der Waals surface area contributed by atoms with Crippen LogP contribution in [0.1, 0.15) is 22.5 Å². The van der Waals surface area contributed by atoms with Gasteiger partial charge < -0.3 is 11.1 Å². The Balaban J connectivity index is 1.42. The minimum absolute atomic E-state index is 0.103. The second-order valence-corrected chi connectivity index (χ2v) is 7.78. The normalized spacial score (nSPS) is 10.9. The van der Waals surface area contributed by atoms with Crippen molar-refractivity contribution in [1.29, 1.82) is 0 Å². The first-order chi connectivity index (χ1) is 14.0. The number of hydrogen-bond acceptors (Lipinski definition) is 4. The van der Waals surface area contributed by atoms with Gasteiger partial charge in [0.1, 0.15) is 0 Å². The SMILES string of the molecule is NC(=O)c1ccc(NC(=O)CCc2csc3nc(-c4ccc(Cl)cc4)cn23)cc1. The number of primary amides is 1. The predicted octanol–water partition coefficient (Wildman–Crippen LogP) is 4.39. The van der Waals surface area contributed by atoms with E-state index < -0.39 is 5.91 Å². The molecule has 6 nitrogen and oxygen atoms in total. The van der Waals surface area contributed by atoms with Gasteiger partial charge in [0.2, 0.25) is 11.8 Å². The molecule has 0 fully saturated rings. The number of benzene rings is 2. The van der Waals surface area contributed by atoms with Crippen molar-refractivity contribution < 1.29 is 9.59 Å². The highest BCUT2D eigenvalue weighted by Gasteiger charge is 2.11. The molecule has 2 heterocycles. The zero-order chi connectivity index (χ0) is 20.4. The Bertz CT molecular complexity index is 1180. The monoisotopic (exact) mass is 424 g/mol. The fraction of sp³-hybridized carbons (Fsp3) is 0.0952. The number of thiazole rings is 1. The molecule has 2 amide bonds. The Morgan fingerprint density at radius 3 is 2.52 bits per heavy atom. The maximum absolute atomic E-state index is 12.3. The van der Waals surface area contributed by atoms with E-state index in [1.807, 2.05) is 40.2 Å². The summed E-state index contributed by atoms with van der Waals surface area (Å²) in [6.07, 6.45) is 2.89. The van der Waals surface area contributed by atoms with Gasteiger partial charge in [0.25, 0.3) is 0 Å². The molecule has 0 saturated heterocycles. The molecule has 0 radical (unpaired) electrons. The van der Waals surface area contributed by atoms with Crippen LogP contribution in [-0.2, 0) is 11.2 Å². The molecule has 0 saturated carbocycles. The number of aromatic nitrogens is 2. The van der Waals surface area contributed by atoms with Crippen molar-refractivity contribution in [2.75, 3.05) is 5.32 Å². The Morgan fingerprint density at radius 2 is 1.83 bits per heavy atom. The van der Waals surface area contributed by atoms with Crippen molar-refractivity contribution in [2.45, 2.75) is 12.8 Å². The van der Waals surface area contributed by atoms with Crippen LogP contribution >= 0.6 is 22.9 Å². The Hall–Kier alpha value is -3.16. The maximum Gasteiger partial charge on any atom is 0.248 e. The van der Waals surface area contributed by atoms with Gasteiger partial charge in [-0.2, -0.15) is 0 Å². The molecule has 4 rings (SSSR count). The standard InChI is InChI=1S/C21H17ClN4O2S/c22-15-5-1-13(2-6-15)18-11-26-17(12-29-21(26)25-18)9-10-19(27)24-16-7-3-14(4-8-16)20(23)28/h1-8,11-12H,9-10H2,(H2,23,28)(H,24,27). The van der Waals surface area contributed by atoms with Crippen LogP contribution in [0.3, 0.4) is 0 Å². The van der Waals surface area contributed by atoms with Crippen molar-refractivity contribution in [2.24, 2.45) is 5.73 Å². The molecule has 146 valence electrons. The van der Waals surface area contributed by atoms with Crippen molar-refractivity contribution >= 4 is 45.4 Å². The van der Waals surface area contributed by atoms with Crippen molar-refractivity contribution in [3.63, 3.8) is 0 Å². The second-order valence-electron chi connectivity index (χ2n) is 6.50. The molecule has 0 bridgehead atoms. The number of nitrogens with two attached hydrogens (primary N) is 1. The largest absolute Gasteiger partial charge is 0.366 e. The Kier molecular flexibility index (Phi) is 5.33. The van der Waals surface area contributed by atoms with E-state index in [1.165, 1.54) is 0 Å². The lowest BCUT2D eigenvalue weighted by Gasteiger charge is -2.05. The summed E-state index contributed by atoms with van der Waals surface area (Å²) in [6, 6.07) is 14.0. The third-order valence-electron chi connectivity index (χ3n) is 4.48. The van der Waals surface area contributed by atoms with Crippen LogP contribution in [0.15, 0.2) is 60.1 Å². The zero-order valence-corrected chi connectivity index (χ0v) is 16.8. The van der Waals surface area contributed by atoms with Gasteiger partial charge in [-0.15, -0.1) is 11.3 Å². The van der Waals surface area contributed by atoms with Crippen molar-refractivity contribution in [3.8, 4) is 11.3 Å². The van der Waals surface area contributed by atoms with Crippen LogP contribution < -0.4 is 11.1 Å².